The number of esters is 1. The number of carbonyl (C=O) groups is 1. The summed E-state index contributed by atoms with van der Waals surface area (Å²) in [6.07, 6.45) is -1.17. The number of carbonyl (C=O) groups excluding carboxylic acids is 1. The third kappa shape index (κ3) is 7.24. The zero-order valence-corrected chi connectivity index (χ0v) is 18.4. The van der Waals surface area contributed by atoms with E-state index in [1.165, 1.54) is 7.11 Å². The summed E-state index contributed by atoms with van der Waals surface area (Å²) in [4.78, 5) is 11.9. The summed E-state index contributed by atoms with van der Waals surface area (Å²) in [5, 5.41) is 10.8. The van der Waals surface area contributed by atoms with Gasteiger partial charge in [0, 0.05) is 11.8 Å². The van der Waals surface area contributed by atoms with Crippen molar-refractivity contribution in [1.29, 1.82) is 0 Å². The van der Waals surface area contributed by atoms with E-state index in [1.807, 2.05) is 74.5 Å². The highest BCUT2D eigenvalue weighted by Gasteiger charge is 2.35. The first-order valence-electron chi connectivity index (χ1n) is 10.5. The molecule has 0 fully saturated rings. The Labute approximate surface area is 180 Å². The molecule has 0 amide bonds. The molecule has 1 N–H and O–H groups in total. The van der Waals surface area contributed by atoms with Gasteiger partial charge in [0.15, 0.2) is 0 Å². The van der Waals surface area contributed by atoms with Crippen LogP contribution < -0.4 is 0 Å². The van der Waals surface area contributed by atoms with Crippen LogP contribution in [0.15, 0.2) is 60.7 Å². The molecule has 0 saturated carbocycles. The summed E-state index contributed by atoms with van der Waals surface area (Å²) in [6.45, 7) is 7.07. The van der Waals surface area contributed by atoms with Gasteiger partial charge in [0.25, 0.3) is 0 Å². The van der Waals surface area contributed by atoms with Crippen molar-refractivity contribution < 1.29 is 24.1 Å². The SMILES string of the molecule is COC(=O)[C@@H](C)[C@@H](O)[C@H](C)[C@@H](OCc1ccccc1)[C@@H](C)COCc1ccccc1. The van der Waals surface area contributed by atoms with E-state index in [9.17, 15) is 9.90 Å². The van der Waals surface area contributed by atoms with Crippen LogP contribution in [0.25, 0.3) is 0 Å². The lowest BCUT2D eigenvalue weighted by Crippen LogP contribution is -2.42. The normalized spacial score (nSPS) is 16.3. The minimum Gasteiger partial charge on any atom is -0.469 e. The largest absolute Gasteiger partial charge is 0.469 e. The molecule has 0 aliphatic rings. The van der Waals surface area contributed by atoms with Crippen molar-refractivity contribution in [2.45, 2.75) is 46.2 Å². The van der Waals surface area contributed by atoms with Crippen LogP contribution in [-0.2, 0) is 32.2 Å². The average Bonchev–Trinajstić information content (AvgIpc) is 2.78. The van der Waals surface area contributed by atoms with Crippen molar-refractivity contribution in [1.82, 2.24) is 0 Å². The topological polar surface area (TPSA) is 65.0 Å². The third-order valence-electron chi connectivity index (χ3n) is 5.48. The summed E-state index contributed by atoms with van der Waals surface area (Å²) < 4.78 is 17.0. The Morgan fingerprint density at radius 1 is 0.900 bits per heavy atom. The minimum atomic E-state index is -0.880. The van der Waals surface area contributed by atoms with E-state index in [0.29, 0.717) is 19.8 Å². The van der Waals surface area contributed by atoms with Gasteiger partial charge >= 0.3 is 5.97 Å². The second-order valence-corrected chi connectivity index (χ2v) is 7.90. The minimum absolute atomic E-state index is 0.0203. The summed E-state index contributed by atoms with van der Waals surface area (Å²) >= 11 is 0. The Bertz CT molecular complexity index is 734. The van der Waals surface area contributed by atoms with Crippen LogP contribution in [0, 0.1) is 17.8 Å². The maximum absolute atomic E-state index is 11.9. The molecular formula is C25H34O5. The fourth-order valence-electron chi connectivity index (χ4n) is 3.61. The van der Waals surface area contributed by atoms with Crippen molar-refractivity contribution in [3.05, 3.63) is 71.8 Å². The molecule has 0 aliphatic heterocycles. The van der Waals surface area contributed by atoms with Crippen LogP contribution in [0.3, 0.4) is 0 Å². The molecule has 5 heteroatoms. The molecule has 0 unspecified atom stereocenters. The summed E-state index contributed by atoms with van der Waals surface area (Å²) in [6, 6.07) is 19.9. The smallest absolute Gasteiger partial charge is 0.311 e. The van der Waals surface area contributed by atoms with Crippen LogP contribution in [0.1, 0.15) is 31.9 Å². The first kappa shape index (κ1) is 24.1. The molecule has 0 bridgehead atoms. The monoisotopic (exact) mass is 414 g/mol. The predicted octanol–water partition coefficient (Wildman–Crippen LogP) is 4.23. The van der Waals surface area contributed by atoms with Gasteiger partial charge in [-0.3, -0.25) is 4.79 Å². The van der Waals surface area contributed by atoms with E-state index < -0.39 is 18.0 Å². The van der Waals surface area contributed by atoms with E-state index in [2.05, 4.69) is 0 Å². The Balaban J connectivity index is 2.03. The number of hydrogen-bond acceptors (Lipinski definition) is 5. The summed E-state index contributed by atoms with van der Waals surface area (Å²) in [7, 11) is 1.33. The number of hydrogen-bond donors (Lipinski definition) is 1. The van der Waals surface area contributed by atoms with Gasteiger partial charge < -0.3 is 19.3 Å². The van der Waals surface area contributed by atoms with Crippen molar-refractivity contribution in [3.8, 4) is 0 Å². The Hall–Kier alpha value is -2.21. The molecule has 0 aliphatic carbocycles. The maximum Gasteiger partial charge on any atom is 0.311 e. The lowest BCUT2D eigenvalue weighted by atomic mass is 9.84. The zero-order chi connectivity index (χ0) is 21.9. The van der Waals surface area contributed by atoms with E-state index in [4.69, 9.17) is 14.2 Å². The third-order valence-corrected chi connectivity index (χ3v) is 5.48. The lowest BCUT2D eigenvalue weighted by Gasteiger charge is -2.34. The van der Waals surface area contributed by atoms with Gasteiger partial charge in [-0.05, 0) is 18.1 Å². The molecule has 0 heterocycles. The second kappa shape index (κ2) is 12.5. The van der Waals surface area contributed by atoms with Gasteiger partial charge in [-0.25, -0.2) is 0 Å². The second-order valence-electron chi connectivity index (χ2n) is 7.90. The van der Waals surface area contributed by atoms with Gasteiger partial charge in [-0.2, -0.15) is 0 Å². The molecule has 0 spiro atoms. The Morgan fingerprint density at radius 3 is 1.97 bits per heavy atom. The fraction of sp³-hybridized carbons (Fsp3) is 0.480. The number of aliphatic hydroxyl groups is 1. The molecule has 2 aromatic carbocycles. The highest BCUT2D eigenvalue weighted by Crippen LogP contribution is 2.26. The molecule has 5 nitrogen and oxygen atoms in total. The van der Waals surface area contributed by atoms with Crippen LogP contribution >= 0.6 is 0 Å². The molecule has 0 aromatic heterocycles. The Kier molecular flexibility index (Phi) is 10.0. The van der Waals surface area contributed by atoms with Crippen molar-refractivity contribution >= 4 is 5.97 Å². The van der Waals surface area contributed by atoms with E-state index in [1.54, 1.807) is 6.92 Å². The van der Waals surface area contributed by atoms with Gasteiger partial charge in [0.2, 0.25) is 0 Å². The van der Waals surface area contributed by atoms with Crippen LogP contribution in [0.4, 0.5) is 0 Å². The number of benzene rings is 2. The van der Waals surface area contributed by atoms with Gasteiger partial charge in [-0.1, -0.05) is 74.5 Å². The van der Waals surface area contributed by atoms with E-state index in [0.717, 1.165) is 11.1 Å². The van der Waals surface area contributed by atoms with Gasteiger partial charge in [-0.15, -0.1) is 0 Å². The van der Waals surface area contributed by atoms with Crippen LogP contribution in [-0.4, -0.2) is 37.0 Å². The first-order valence-corrected chi connectivity index (χ1v) is 10.5. The van der Waals surface area contributed by atoms with Crippen molar-refractivity contribution in [2.24, 2.45) is 17.8 Å². The summed E-state index contributed by atoms with van der Waals surface area (Å²) in [5.74, 6) is -1.32. The molecule has 164 valence electrons. The zero-order valence-electron chi connectivity index (χ0n) is 18.4. The van der Waals surface area contributed by atoms with Gasteiger partial charge in [0.1, 0.15) is 0 Å². The molecule has 5 atom stereocenters. The van der Waals surface area contributed by atoms with E-state index in [-0.39, 0.29) is 17.9 Å². The lowest BCUT2D eigenvalue weighted by molar-refractivity contribution is -0.153. The quantitative estimate of drug-likeness (QED) is 0.527. The first-order chi connectivity index (χ1) is 14.4. The average molecular weight is 415 g/mol. The molecule has 30 heavy (non-hydrogen) atoms. The van der Waals surface area contributed by atoms with Crippen LogP contribution in [0.2, 0.25) is 0 Å². The molecule has 2 rings (SSSR count). The maximum atomic E-state index is 11.9. The molecule has 0 radical (unpaired) electrons. The standard InChI is InChI=1S/C25H34O5/c1-18(15-29-16-21-11-7-5-8-12-21)24(30-17-22-13-9-6-10-14-22)19(2)23(26)20(3)25(27)28-4/h5-14,18-20,23-24,26H,15-17H2,1-4H3/t18-,19-,20-,23-,24-/m0/s1. The van der Waals surface area contributed by atoms with E-state index >= 15 is 0 Å². The Morgan fingerprint density at radius 2 is 1.43 bits per heavy atom. The summed E-state index contributed by atoms with van der Waals surface area (Å²) in [5.41, 5.74) is 2.17. The highest BCUT2D eigenvalue weighted by atomic mass is 16.5. The van der Waals surface area contributed by atoms with Crippen molar-refractivity contribution in [3.63, 3.8) is 0 Å². The number of ether oxygens (including phenoxy) is 3. The predicted molar refractivity (Wildman–Crippen MR) is 117 cm³/mol. The molecule has 0 saturated heterocycles. The molecule has 2 aromatic rings. The number of rotatable bonds is 12. The highest BCUT2D eigenvalue weighted by molar-refractivity contribution is 5.72. The molecular weight excluding hydrogens is 380 g/mol. The number of aliphatic hydroxyl groups excluding tert-OH is 1. The number of methoxy groups -OCH3 is 1. The fourth-order valence-corrected chi connectivity index (χ4v) is 3.61. The van der Waals surface area contributed by atoms with Gasteiger partial charge in [0.05, 0.1) is 45.1 Å². The van der Waals surface area contributed by atoms with Crippen LogP contribution in [0.5, 0.6) is 0 Å². The van der Waals surface area contributed by atoms with Crippen molar-refractivity contribution in [2.75, 3.05) is 13.7 Å².